The van der Waals surface area contributed by atoms with Crippen LogP contribution in [0.2, 0.25) is 0 Å². The first kappa shape index (κ1) is 16.3. The Balaban J connectivity index is 1.91. The molecular formula is C14H25N5OS. The third-order valence-electron chi connectivity index (χ3n) is 3.95. The maximum Gasteiger partial charge on any atom is 0.233 e. The van der Waals surface area contributed by atoms with E-state index in [0.717, 1.165) is 24.5 Å². The number of hydrogen-bond donors (Lipinski definition) is 0. The third kappa shape index (κ3) is 4.18. The fraction of sp³-hybridized carbons (Fsp3) is 0.857. The van der Waals surface area contributed by atoms with Crippen molar-refractivity contribution >= 4 is 17.7 Å². The van der Waals surface area contributed by atoms with Gasteiger partial charge in [0.1, 0.15) is 0 Å². The van der Waals surface area contributed by atoms with E-state index in [2.05, 4.69) is 22.4 Å². The summed E-state index contributed by atoms with van der Waals surface area (Å²) in [5.74, 6) is 0.616. The van der Waals surface area contributed by atoms with Gasteiger partial charge >= 0.3 is 0 Å². The highest BCUT2D eigenvalue weighted by molar-refractivity contribution is 7.99. The molecule has 6 nitrogen and oxygen atoms in total. The molecule has 0 bridgehead atoms. The Hall–Kier alpha value is -1.11. The first-order chi connectivity index (χ1) is 10.1. The molecule has 1 aromatic rings. The van der Waals surface area contributed by atoms with Gasteiger partial charge in [-0.1, -0.05) is 31.0 Å². The fourth-order valence-electron chi connectivity index (χ4n) is 2.84. The summed E-state index contributed by atoms with van der Waals surface area (Å²) in [6.45, 7) is 6.92. The topological polar surface area (TPSA) is 63.9 Å². The van der Waals surface area contributed by atoms with E-state index in [1.807, 2.05) is 18.7 Å². The Morgan fingerprint density at radius 2 is 2.10 bits per heavy atom. The Morgan fingerprint density at radius 3 is 2.71 bits per heavy atom. The Bertz CT molecular complexity index is 456. The highest BCUT2D eigenvalue weighted by Gasteiger charge is 2.24. The van der Waals surface area contributed by atoms with E-state index >= 15 is 0 Å². The molecule has 0 atom stereocenters. The van der Waals surface area contributed by atoms with Crippen LogP contribution in [0, 0.1) is 0 Å². The van der Waals surface area contributed by atoms with Crippen LogP contribution in [-0.4, -0.2) is 49.4 Å². The van der Waals surface area contributed by atoms with E-state index in [9.17, 15) is 4.79 Å². The van der Waals surface area contributed by atoms with Crippen molar-refractivity contribution in [2.24, 2.45) is 0 Å². The molecule has 0 spiro atoms. The lowest BCUT2D eigenvalue weighted by Crippen LogP contribution is -2.42. The summed E-state index contributed by atoms with van der Waals surface area (Å²) in [5, 5.41) is 12.4. The zero-order chi connectivity index (χ0) is 15.2. The predicted octanol–water partition coefficient (Wildman–Crippen LogP) is 2.53. The summed E-state index contributed by atoms with van der Waals surface area (Å²) in [5.41, 5.74) is 0. The van der Waals surface area contributed by atoms with Crippen molar-refractivity contribution in [2.45, 2.75) is 70.1 Å². The number of aromatic nitrogens is 4. The van der Waals surface area contributed by atoms with Gasteiger partial charge < -0.3 is 4.90 Å². The molecule has 118 valence electrons. The normalized spacial score (nSPS) is 16.4. The van der Waals surface area contributed by atoms with E-state index in [-0.39, 0.29) is 11.9 Å². The third-order valence-corrected chi connectivity index (χ3v) is 4.87. The molecule has 0 saturated heterocycles. The maximum atomic E-state index is 12.5. The average molecular weight is 311 g/mol. The first-order valence-electron chi connectivity index (χ1n) is 7.83. The van der Waals surface area contributed by atoms with Gasteiger partial charge in [-0.3, -0.25) is 4.79 Å². The van der Waals surface area contributed by atoms with Crippen LogP contribution >= 0.6 is 11.8 Å². The summed E-state index contributed by atoms with van der Waals surface area (Å²) in [4.78, 5) is 14.5. The molecular weight excluding hydrogens is 286 g/mol. The largest absolute Gasteiger partial charge is 0.339 e. The highest BCUT2D eigenvalue weighted by Crippen LogP contribution is 2.24. The SMILES string of the molecule is CCN(C(=O)CSc1nnnn1C(C)C)C1CCCCC1. The van der Waals surface area contributed by atoms with Crippen LogP contribution in [0.1, 0.15) is 58.9 Å². The minimum atomic E-state index is 0.202. The van der Waals surface area contributed by atoms with Crippen molar-refractivity contribution in [1.82, 2.24) is 25.1 Å². The molecule has 1 heterocycles. The summed E-state index contributed by atoms with van der Waals surface area (Å²) in [6, 6.07) is 0.635. The Labute approximate surface area is 130 Å². The van der Waals surface area contributed by atoms with Crippen molar-refractivity contribution in [1.29, 1.82) is 0 Å². The number of carbonyl (C=O) groups excluding carboxylic acids is 1. The molecule has 0 aromatic carbocycles. The lowest BCUT2D eigenvalue weighted by molar-refractivity contribution is -0.131. The molecule has 0 unspecified atom stereocenters. The second kappa shape index (κ2) is 7.77. The lowest BCUT2D eigenvalue weighted by atomic mass is 9.94. The zero-order valence-electron chi connectivity index (χ0n) is 13.2. The van der Waals surface area contributed by atoms with E-state index in [4.69, 9.17) is 0 Å². The molecule has 1 aliphatic carbocycles. The first-order valence-corrected chi connectivity index (χ1v) is 8.82. The van der Waals surface area contributed by atoms with Crippen LogP contribution in [0.4, 0.5) is 0 Å². The van der Waals surface area contributed by atoms with Gasteiger partial charge in [-0.25, -0.2) is 4.68 Å². The molecule has 0 N–H and O–H groups in total. The van der Waals surface area contributed by atoms with Crippen LogP contribution in [-0.2, 0) is 4.79 Å². The Kier molecular flexibility index (Phi) is 6.02. The molecule has 1 aromatic heterocycles. The van der Waals surface area contributed by atoms with Crippen molar-refractivity contribution in [3.63, 3.8) is 0 Å². The summed E-state index contributed by atoms with van der Waals surface area (Å²) >= 11 is 1.43. The van der Waals surface area contributed by atoms with Gasteiger partial charge in [0.05, 0.1) is 11.8 Å². The van der Waals surface area contributed by atoms with Crippen LogP contribution in [0.3, 0.4) is 0 Å². The molecule has 0 aliphatic heterocycles. The molecule has 2 rings (SSSR count). The fourth-order valence-corrected chi connectivity index (χ4v) is 3.74. The van der Waals surface area contributed by atoms with E-state index in [1.165, 1.54) is 31.0 Å². The van der Waals surface area contributed by atoms with Gasteiger partial charge in [0, 0.05) is 12.6 Å². The quantitative estimate of drug-likeness (QED) is 0.755. The number of carbonyl (C=O) groups is 1. The van der Waals surface area contributed by atoms with Gasteiger partial charge in [0.25, 0.3) is 0 Å². The van der Waals surface area contributed by atoms with E-state index in [0.29, 0.717) is 11.8 Å². The number of tetrazole rings is 1. The summed E-state index contributed by atoms with van der Waals surface area (Å²) in [7, 11) is 0. The van der Waals surface area contributed by atoms with Crippen LogP contribution in [0.5, 0.6) is 0 Å². The van der Waals surface area contributed by atoms with Crippen molar-refractivity contribution < 1.29 is 4.79 Å². The number of rotatable bonds is 6. The van der Waals surface area contributed by atoms with Gasteiger partial charge in [-0.05, 0) is 44.0 Å². The summed E-state index contributed by atoms with van der Waals surface area (Å²) < 4.78 is 1.76. The highest BCUT2D eigenvalue weighted by atomic mass is 32.2. The number of hydrogen-bond acceptors (Lipinski definition) is 5. The molecule has 1 fully saturated rings. The lowest BCUT2D eigenvalue weighted by Gasteiger charge is -2.33. The second-order valence-electron chi connectivity index (χ2n) is 5.76. The monoisotopic (exact) mass is 311 g/mol. The Morgan fingerprint density at radius 1 is 1.38 bits per heavy atom. The van der Waals surface area contributed by atoms with Gasteiger partial charge in [-0.15, -0.1) is 5.10 Å². The van der Waals surface area contributed by atoms with Crippen LogP contribution in [0.15, 0.2) is 5.16 Å². The smallest absolute Gasteiger partial charge is 0.233 e. The average Bonchev–Trinajstić information content (AvgIpc) is 2.95. The minimum absolute atomic E-state index is 0.202. The van der Waals surface area contributed by atoms with Crippen molar-refractivity contribution in [2.75, 3.05) is 12.3 Å². The van der Waals surface area contributed by atoms with Crippen molar-refractivity contribution in [3.8, 4) is 0 Å². The van der Waals surface area contributed by atoms with Gasteiger partial charge in [-0.2, -0.15) is 0 Å². The molecule has 1 saturated carbocycles. The minimum Gasteiger partial charge on any atom is -0.339 e. The zero-order valence-corrected chi connectivity index (χ0v) is 14.0. The molecule has 0 radical (unpaired) electrons. The number of nitrogens with zero attached hydrogens (tertiary/aromatic N) is 5. The van der Waals surface area contributed by atoms with Gasteiger partial charge in [0.15, 0.2) is 0 Å². The summed E-state index contributed by atoms with van der Waals surface area (Å²) in [6.07, 6.45) is 6.09. The van der Waals surface area contributed by atoms with E-state index < -0.39 is 0 Å². The number of thioether (sulfide) groups is 1. The standard InChI is InChI=1S/C14H25N5OS/c1-4-18(12-8-6-5-7-9-12)13(20)10-21-14-15-16-17-19(14)11(2)3/h11-12H,4-10H2,1-3H3. The molecule has 1 amide bonds. The molecule has 21 heavy (non-hydrogen) atoms. The van der Waals surface area contributed by atoms with Crippen molar-refractivity contribution in [3.05, 3.63) is 0 Å². The van der Waals surface area contributed by atoms with E-state index in [1.54, 1.807) is 4.68 Å². The maximum absolute atomic E-state index is 12.5. The predicted molar refractivity (Wildman–Crippen MR) is 83.2 cm³/mol. The second-order valence-corrected chi connectivity index (χ2v) is 6.70. The van der Waals surface area contributed by atoms with Crippen LogP contribution < -0.4 is 0 Å². The van der Waals surface area contributed by atoms with Crippen LogP contribution in [0.25, 0.3) is 0 Å². The number of amides is 1. The molecule has 7 heteroatoms. The van der Waals surface area contributed by atoms with Gasteiger partial charge in [0.2, 0.25) is 11.1 Å². The molecule has 1 aliphatic rings.